The van der Waals surface area contributed by atoms with Gasteiger partial charge in [-0.25, -0.2) is 4.79 Å². The Labute approximate surface area is 209 Å². The second-order valence-electron chi connectivity index (χ2n) is 9.22. The van der Waals surface area contributed by atoms with Crippen LogP contribution in [0.4, 0.5) is 29.3 Å². The van der Waals surface area contributed by atoms with Crippen LogP contribution < -0.4 is 10.2 Å². The summed E-state index contributed by atoms with van der Waals surface area (Å²) in [5.41, 5.74) is -0.324. The van der Waals surface area contributed by atoms with E-state index in [2.05, 4.69) is 21.2 Å². The highest BCUT2D eigenvalue weighted by Gasteiger charge is 2.43. The normalized spacial score (nSPS) is 15.1. The highest BCUT2D eigenvalue weighted by molar-refractivity contribution is 9.10. The number of ketones is 1. The molecule has 0 saturated heterocycles. The summed E-state index contributed by atoms with van der Waals surface area (Å²) in [5.74, 6) is -0.282. The lowest BCUT2D eigenvalue weighted by Gasteiger charge is -2.40. The molecule has 1 amide bonds. The number of allylic oxidation sites excluding steroid dienone is 1. The topological polar surface area (TPSA) is 93.4 Å². The first-order valence-corrected chi connectivity index (χ1v) is 11.5. The third-order valence-electron chi connectivity index (χ3n) is 5.61. The number of carboxylic acid groups (broad SMARTS) is 1. The Kier molecular flexibility index (Phi) is 7.31. The predicted molar refractivity (Wildman–Crippen MR) is 129 cm³/mol. The fourth-order valence-electron chi connectivity index (χ4n) is 4.14. The number of carbonyl (C=O) groups is 2. The Bertz CT molecular complexity index is 1240. The van der Waals surface area contributed by atoms with E-state index in [1.807, 2.05) is 6.07 Å². The number of amides is 1. The Morgan fingerprint density at radius 2 is 1.86 bits per heavy atom. The largest absolute Gasteiger partial charge is 0.465 e. The number of nitriles is 1. The molecule has 3 rings (SSSR count). The molecule has 2 N–H and O–H groups in total. The molecule has 0 aliphatic heterocycles. The minimum Gasteiger partial charge on any atom is -0.465 e. The molecule has 0 spiro atoms. The van der Waals surface area contributed by atoms with E-state index >= 15 is 0 Å². The molecule has 0 fully saturated rings. The number of alkyl halides is 3. The molecule has 1 atom stereocenters. The van der Waals surface area contributed by atoms with Crippen molar-refractivity contribution in [2.45, 2.75) is 45.8 Å². The molecule has 0 radical (unpaired) electrons. The third-order valence-corrected chi connectivity index (χ3v) is 6.24. The van der Waals surface area contributed by atoms with E-state index in [9.17, 15) is 27.9 Å². The van der Waals surface area contributed by atoms with Crippen LogP contribution in [0.15, 0.2) is 58.2 Å². The summed E-state index contributed by atoms with van der Waals surface area (Å²) in [7, 11) is 0. The van der Waals surface area contributed by atoms with Crippen LogP contribution in [0.2, 0.25) is 0 Å². The first-order valence-electron chi connectivity index (χ1n) is 10.7. The van der Waals surface area contributed by atoms with E-state index in [0.717, 1.165) is 17.0 Å². The summed E-state index contributed by atoms with van der Waals surface area (Å²) in [5, 5.41) is 22.3. The molecule has 0 heterocycles. The number of nitrogens with zero attached hydrogens (tertiary/aromatic N) is 2. The lowest BCUT2D eigenvalue weighted by molar-refractivity contribution is -0.137. The van der Waals surface area contributed by atoms with E-state index in [1.54, 1.807) is 20.8 Å². The summed E-state index contributed by atoms with van der Waals surface area (Å²) in [6.07, 6.45) is -5.51. The van der Waals surface area contributed by atoms with Gasteiger partial charge in [0.2, 0.25) is 0 Å². The molecule has 1 unspecified atom stereocenters. The van der Waals surface area contributed by atoms with E-state index in [1.165, 1.54) is 30.3 Å². The van der Waals surface area contributed by atoms with Gasteiger partial charge in [-0.2, -0.15) is 18.4 Å². The van der Waals surface area contributed by atoms with Crippen molar-refractivity contribution in [3.63, 3.8) is 0 Å². The van der Waals surface area contributed by atoms with Crippen molar-refractivity contribution in [2.75, 3.05) is 10.2 Å². The molecule has 10 heteroatoms. The number of anilines is 2. The molecular formula is C25H23BrF3N3O3. The van der Waals surface area contributed by atoms with Gasteiger partial charge in [0, 0.05) is 27.9 Å². The lowest BCUT2D eigenvalue weighted by atomic mass is 9.79. The van der Waals surface area contributed by atoms with Crippen LogP contribution >= 0.6 is 15.9 Å². The average molecular weight is 550 g/mol. The van der Waals surface area contributed by atoms with E-state index in [-0.39, 0.29) is 35.6 Å². The fraction of sp³-hybridized carbons (Fsp3) is 0.320. The van der Waals surface area contributed by atoms with Gasteiger partial charge in [-0.15, -0.1) is 0 Å². The van der Waals surface area contributed by atoms with Crippen molar-refractivity contribution in [2.24, 2.45) is 5.41 Å². The summed E-state index contributed by atoms with van der Waals surface area (Å²) >= 11 is 3.33. The smallest absolute Gasteiger partial charge is 0.416 e. The quantitative estimate of drug-likeness (QED) is 0.420. The molecule has 2 aromatic carbocycles. The highest BCUT2D eigenvalue weighted by atomic mass is 79.9. The van der Waals surface area contributed by atoms with Crippen LogP contribution in [0.1, 0.15) is 44.7 Å². The third kappa shape index (κ3) is 5.68. The number of rotatable bonds is 5. The number of benzene rings is 2. The molecule has 184 valence electrons. The van der Waals surface area contributed by atoms with E-state index in [4.69, 9.17) is 5.26 Å². The monoisotopic (exact) mass is 549 g/mol. The van der Waals surface area contributed by atoms with Gasteiger partial charge in [0.1, 0.15) is 0 Å². The second-order valence-corrected chi connectivity index (χ2v) is 10.1. The van der Waals surface area contributed by atoms with Crippen LogP contribution in [-0.2, 0) is 11.0 Å². The van der Waals surface area contributed by atoms with Crippen LogP contribution in [-0.4, -0.2) is 23.0 Å². The zero-order valence-corrected chi connectivity index (χ0v) is 20.8. The Morgan fingerprint density at radius 1 is 1.17 bits per heavy atom. The van der Waals surface area contributed by atoms with Crippen molar-refractivity contribution in [1.29, 1.82) is 5.26 Å². The Balaban J connectivity index is 2.16. The number of hydrogen-bond donors (Lipinski definition) is 2. The molecule has 2 aromatic rings. The molecule has 1 aliphatic carbocycles. The summed E-state index contributed by atoms with van der Waals surface area (Å²) < 4.78 is 39.9. The van der Waals surface area contributed by atoms with Gasteiger partial charge in [0.15, 0.2) is 5.78 Å². The Morgan fingerprint density at radius 3 is 2.40 bits per heavy atom. The summed E-state index contributed by atoms with van der Waals surface area (Å²) in [4.78, 5) is 26.7. The highest BCUT2D eigenvalue weighted by Crippen LogP contribution is 2.42. The van der Waals surface area contributed by atoms with Gasteiger partial charge in [-0.3, -0.25) is 9.69 Å². The standard InChI is InChI=1S/C25H23BrF3N3O3/c1-24(2,3)22(32(23(34)35)19-9-7-14(13-30)11-17(19)26)21-18(8-10-20(21)33)31-16-6-4-5-15(12-16)25(27,28)29/h4-7,9,11-12,22,31H,8,10H2,1-3H3,(H,34,35). The SMILES string of the molecule is CC(C)(C)C(C1=C(Nc2cccc(C(F)(F)F)c2)CCC1=O)N(C(=O)O)c1ccc(C#N)cc1Br. The maximum Gasteiger partial charge on any atom is 0.416 e. The number of carbonyl (C=O) groups excluding carboxylic acids is 1. The molecule has 0 aromatic heterocycles. The minimum absolute atomic E-state index is 0.102. The van der Waals surface area contributed by atoms with Crippen LogP contribution in [0.5, 0.6) is 0 Å². The van der Waals surface area contributed by atoms with Gasteiger partial charge in [0.25, 0.3) is 0 Å². The minimum atomic E-state index is -4.53. The van der Waals surface area contributed by atoms with Crippen molar-refractivity contribution in [3.8, 4) is 6.07 Å². The zero-order chi connectivity index (χ0) is 26.1. The van der Waals surface area contributed by atoms with Crippen molar-refractivity contribution < 1.29 is 27.9 Å². The number of halogens is 4. The van der Waals surface area contributed by atoms with Gasteiger partial charge < -0.3 is 10.4 Å². The molecule has 0 saturated carbocycles. The van der Waals surface area contributed by atoms with E-state index < -0.39 is 29.3 Å². The number of Topliss-reactive ketones (excluding diaryl/α,β-unsaturated/α-hetero) is 1. The van der Waals surface area contributed by atoms with Gasteiger partial charge in [0.05, 0.1) is 28.9 Å². The second kappa shape index (κ2) is 9.74. The molecular weight excluding hydrogens is 527 g/mol. The van der Waals surface area contributed by atoms with E-state index in [0.29, 0.717) is 15.7 Å². The number of nitrogens with one attached hydrogen (secondary N) is 1. The molecule has 1 aliphatic rings. The number of hydrogen-bond acceptors (Lipinski definition) is 4. The zero-order valence-electron chi connectivity index (χ0n) is 19.2. The Hall–Kier alpha value is -3.32. The molecule has 6 nitrogen and oxygen atoms in total. The predicted octanol–water partition coefficient (Wildman–Crippen LogP) is 6.97. The maximum absolute atomic E-state index is 13.2. The van der Waals surface area contributed by atoms with Crippen LogP contribution in [0, 0.1) is 16.7 Å². The van der Waals surface area contributed by atoms with Crippen molar-refractivity contribution in [1.82, 2.24) is 0 Å². The average Bonchev–Trinajstić information content (AvgIpc) is 3.10. The summed E-state index contributed by atoms with van der Waals surface area (Å²) in [6, 6.07) is 10.1. The molecule has 35 heavy (non-hydrogen) atoms. The fourth-order valence-corrected chi connectivity index (χ4v) is 4.71. The first kappa shape index (κ1) is 26.3. The van der Waals surface area contributed by atoms with Crippen LogP contribution in [0.25, 0.3) is 0 Å². The van der Waals surface area contributed by atoms with Gasteiger partial charge >= 0.3 is 12.3 Å². The maximum atomic E-state index is 13.2. The lowest BCUT2D eigenvalue weighted by Crippen LogP contribution is -2.50. The van der Waals surface area contributed by atoms with Crippen molar-refractivity contribution in [3.05, 3.63) is 69.3 Å². The first-order chi connectivity index (χ1) is 16.2. The van der Waals surface area contributed by atoms with Gasteiger partial charge in [-0.1, -0.05) is 26.8 Å². The summed E-state index contributed by atoms with van der Waals surface area (Å²) in [6.45, 7) is 5.35. The molecule has 0 bridgehead atoms. The van der Waals surface area contributed by atoms with Crippen LogP contribution in [0.3, 0.4) is 0 Å². The van der Waals surface area contributed by atoms with Gasteiger partial charge in [-0.05, 0) is 64.2 Å². The van der Waals surface area contributed by atoms with Crippen molar-refractivity contribution >= 4 is 39.2 Å².